The van der Waals surface area contributed by atoms with Crippen molar-refractivity contribution in [3.8, 4) is 5.75 Å². The van der Waals surface area contributed by atoms with Crippen LogP contribution >= 0.6 is 15.9 Å². The summed E-state index contributed by atoms with van der Waals surface area (Å²) >= 11 is 3.40. The van der Waals surface area contributed by atoms with E-state index in [2.05, 4.69) is 21.2 Å². The summed E-state index contributed by atoms with van der Waals surface area (Å²) in [5.41, 5.74) is 0.966. The fourth-order valence-corrected chi connectivity index (χ4v) is 2.00. The smallest absolute Gasteiger partial charge is 0.119 e. The molecule has 2 N–H and O–H groups in total. The van der Waals surface area contributed by atoms with Gasteiger partial charge in [-0.2, -0.15) is 0 Å². The van der Waals surface area contributed by atoms with Gasteiger partial charge in [-0.25, -0.2) is 0 Å². The quantitative estimate of drug-likeness (QED) is 0.857. The van der Waals surface area contributed by atoms with Gasteiger partial charge >= 0.3 is 0 Å². The van der Waals surface area contributed by atoms with E-state index in [1.54, 1.807) is 0 Å². The summed E-state index contributed by atoms with van der Waals surface area (Å²) in [4.78, 5) is 0. The Kier molecular flexibility index (Phi) is 5.24. The van der Waals surface area contributed by atoms with E-state index in [-0.39, 0.29) is 6.61 Å². The first-order chi connectivity index (χ1) is 9.24. The predicted octanol–water partition coefficient (Wildman–Crippen LogP) is 3.30. The van der Waals surface area contributed by atoms with Crippen molar-refractivity contribution in [3.05, 3.63) is 59.1 Å². The Labute approximate surface area is 121 Å². The van der Waals surface area contributed by atoms with Crippen LogP contribution in [0.1, 0.15) is 0 Å². The van der Waals surface area contributed by atoms with Crippen molar-refractivity contribution in [1.82, 2.24) is 0 Å². The maximum Gasteiger partial charge on any atom is 0.119 e. The molecule has 2 aromatic carbocycles. The number of aliphatic hydroxyl groups is 1. The highest BCUT2D eigenvalue weighted by Crippen LogP contribution is 2.15. The number of ether oxygens (including phenoxy) is 1. The molecule has 0 saturated carbocycles. The number of rotatable bonds is 6. The molecular formula is C15H16BrNO2. The lowest BCUT2D eigenvalue weighted by molar-refractivity contribution is 0.117. The lowest BCUT2D eigenvalue weighted by Gasteiger charge is -2.14. The minimum atomic E-state index is -0.556. The zero-order chi connectivity index (χ0) is 13.5. The Morgan fingerprint density at radius 2 is 1.89 bits per heavy atom. The maximum absolute atomic E-state index is 9.84. The summed E-state index contributed by atoms with van der Waals surface area (Å²) in [6, 6.07) is 17.3. The van der Waals surface area contributed by atoms with Gasteiger partial charge in [-0.3, -0.25) is 0 Å². The second kappa shape index (κ2) is 7.16. The van der Waals surface area contributed by atoms with Gasteiger partial charge in [0.15, 0.2) is 0 Å². The average molecular weight is 322 g/mol. The number of halogens is 1. The Morgan fingerprint density at radius 1 is 1.11 bits per heavy atom. The second-order valence-electron chi connectivity index (χ2n) is 4.17. The minimum Gasteiger partial charge on any atom is -0.491 e. The molecule has 0 saturated heterocycles. The number of hydrogen-bond acceptors (Lipinski definition) is 3. The summed E-state index contributed by atoms with van der Waals surface area (Å²) < 4.78 is 6.49. The van der Waals surface area contributed by atoms with Crippen molar-refractivity contribution in [1.29, 1.82) is 0 Å². The molecule has 0 spiro atoms. The third-order valence-corrected chi connectivity index (χ3v) is 3.05. The van der Waals surface area contributed by atoms with Crippen molar-refractivity contribution in [3.63, 3.8) is 0 Å². The molecule has 0 fully saturated rings. The molecule has 0 aliphatic carbocycles. The lowest BCUT2D eigenvalue weighted by Crippen LogP contribution is -2.26. The molecule has 0 heterocycles. The molecule has 4 heteroatoms. The van der Waals surface area contributed by atoms with Crippen LogP contribution in [0, 0.1) is 0 Å². The van der Waals surface area contributed by atoms with Crippen LogP contribution in [0.3, 0.4) is 0 Å². The molecule has 19 heavy (non-hydrogen) atoms. The topological polar surface area (TPSA) is 41.5 Å². The highest BCUT2D eigenvalue weighted by Gasteiger charge is 2.05. The van der Waals surface area contributed by atoms with E-state index in [0.717, 1.165) is 15.9 Å². The molecule has 0 aliphatic rings. The lowest BCUT2D eigenvalue weighted by atomic mass is 10.3. The number of para-hydroxylation sites is 1. The van der Waals surface area contributed by atoms with Crippen molar-refractivity contribution in [2.75, 3.05) is 18.5 Å². The maximum atomic E-state index is 9.84. The zero-order valence-electron chi connectivity index (χ0n) is 10.4. The van der Waals surface area contributed by atoms with E-state index < -0.39 is 6.10 Å². The predicted molar refractivity (Wildman–Crippen MR) is 80.6 cm³/mol. The number of benzene rings is 2. The first-order valence-corrected chi connectivity index (χ1v) is 6.89. The summed E-state index contributed by atoms with van der Waals surface area (Å²) in [5.74, 6) is 0.768. The standard InChI is InChI=1S/C15H16BrNO2/c16-12-5-4-6-13(9-12)17-10-14(18)11-19-15-7-2-1-3-8-15/h1-9,14,17-18H,10-11H2. The van der Waals surface area contributed by atoms with Gasteiger partial charge in [0, 0.05) is 16.7 Å². The SMILES string of the molecule is OC(CNc1cccc(Br)c1)COc1ccccc1. The molecule has 2 aromatic rings. The Morgan fingerprint density at radius 3 is 2.63 bits per heavy atom. The van der Waals surface area contributed by atoms with Gasteiger partial charge in [0.05, 0.1) is 0 Å². The van der Waals surface area contributed by atoms with Crippen LogP contribution in [0.4, 0.5) is 5.69 Å². The summed E-state index contributed by atoms with van der Waals surface area (Å²) in [6.07, 6.45) is -0.556. The van der Waals surface area contributed by atoms with Gasteiger partial charge in [-0.1, -0.05) is 40.2 Å². The number of hydrogen-bond donors (Lipinski definition) is 2. The van der Waals surface area contributed by atoms with Crippen molar-refractivity contribution >= 4 is 21.6 Å². The van der Waals surface area contributed by atoms with Crippen LogP contribution in [-0.4, -0.2) is 24.4 Å². The van der Waals surface area contributed by atoms with E-state index in [9.17, 15) is 5.11 Å². The van der Waals surface area contributed by atoms with E-state index >= 15 is 0 Å². The van der Waals surface area contributed by atoms with E-state index in [1.165, 1.54) is 0 Å². The van der Waals surface area contributed by atoms with Crippen molar-refractivity contribution < 1.29 is 9.84 Å². The first-order valence-electron chi connectivity index (χ1n) is 6.09. The van der Waals surface area contributed by atoms with Gasteiger partial charge in [-0.05, 0) is 30.3 Å². The van der Waals surface area contributed by atoms with E-state index in [1.807, 2.05) is 54.6 Å². The minimum absolute atomic E-state index is 0.269. The molecule has 1 unspecified atom stereocenters. The first kappa shape index (κ1) is 13.9. The molecule has 3 nitrogen and oxygen atoms in total. The van der Waals surface area contributed by atoms with Crippen LogP contribution in [0.5, 0.6) is 5.75 Å². The van der Waals surface area contributed by atoms with Gasteiger partial charge in [0.2, 0.25) is 0 Å². The normalized spacial score (nSPS) is 11.9. The van der Waals surface area contributed by atoms with Crippen LogP contribution in [0.25, 0.3) is 0 Å². The molecule has 100 valence electrons. The van der Waals surface area contributed by atoms with Crippen LogP contribution in [0.2, 0.25) is 0 Å². The van der Waals surface area contributed by atoms with E-state index in [4.69, 9.17) is 4.74 Å². The Bertz CT molecular complexity index is 505. The highest BCUT2D eigenvalue weighted by atomic mass is 79.9. The fraction of sp³-hybridized carbons (Fsp3) is 0.200. The molecule has 2 rings (SSSR count). The van der Waals surface area contributed by atoms with Crippen molar-refractivity contribution in [2.45, 2.75) is 6.10 Å². The Balaban J connectivity index is 1.74. The monoisotopic (exact) mass is 321 g/mol. The number of nitrogens with one attached hydrogen (secondary N) is 1. The van der Waals surface area contributed by atoms with E-state index in [0.29, 0.717) is 6.54 Å². The molecule has 1 atom stereocenters. The largest absolute Gasteiger partial charge is 0.491 e. The van der Waals surface area contributed by atoms with Gasteiger partial charge in [-0.15, -0.1) is 0 Å². The summed E-state index contributed by atoms with van der Waals surface area (Å²) in [5, 5.41) is 13.0. The fourth-order valence-electron chi connectivity index (χ4n) is 1.60. The number of aliphatic hydroxyl groups excluding tert-OH is 1. The number of anilines is 1. The third-order valence-electron chi connectivity index (χ3n) is 2.55. The molecule has 0 aliphatic heterocycles. The average Bonchev–Trinajstić information content (AvgIpc) is 2.44. The molecule has 0 radical (unpaired) electrons. The van der Waals surface area contributed by atoms with Gasteiger partial charge in [0.1, 0.15) is 18.5 Å². The third kappa shape index (κ3) is 4.93. The zero-order valence-corrected chi connectivity index (χ0v) is 12.0. The van der Waals surface area contributed by atoms with Crippen LogP contribution in [-0.2, 0) is 0 Å². The second-order valence-corrected chi connectivity index (χ2v) is 5.08. The van der Waals surface area contributed by atoms with Crippen molar-refractivity contribution in [2.24, 2.45) is 0 Å². The summed E-state index contributed by atoms with van der Waals surface area (Å²) in [6.45, 7) is 0.717. The Hall–Kier alpha value is -1.52. The van der Waals surface area contributed by atoms with Gasteiger partial charge in [0.25, 0.3) is 0 Å². The molecule has 0 bridgehead atoms. The molecule has 0 aromatic heterocycles. The van der Waals surface area contributed by atoms with Crippen LogP contribution < -0.4 is 10.1 Å². The molecular weight excluding hydrogens is 306 g/mol. The van der Waals surface area contributed by atoms with Crippen LogP contribution in [0.15, 0.2) is 59.1 Å². The van der Waals surface area contributed by atoms with Gasteiger partial charge < -0.3 is 15.2 Å². The molecule has 0 amide bonds. The highest BCUT2D eigenvalue weighted by molar-refractivity contribution is 9.10. The summed E-state index contributed by atoms with van der Waals surface area (Å²) in [7, 11) is 0.